The van der Waals surface area contributed by atoms with Crippen LogP contribution in [0.2, 0.25) is 0 Å². The summed E-state index contributed by atoms with van der Waals surface area (Å²) in [7, 11) is -3.93. The van der Waals surface area contributed by atoms with E-state index in [1.165, 1.54) is 18.2 Å². The molecule has 3 rings (SSSR count). The fourth-order valence-corrected chi connectivity index (χ4v) is 4.30. The van der Waals surface area contributed by atoms with Gasteiger partial charge < -0.3 is 20.9 Å². The Labute approximate surface area is 195 Å². The minimum atomic E-state index is -3.93. The zero-order chi connectivity index (χ0) is 20.9. The number of sulfonamides is 1. The minimum absolute atomic E-state index is 0. The van der Waals surface area contributed by atoms with Gasteiger partial charge in [-0.25, -0.2) is 13.1 Å². The zero-order valence-corrected chi connectivity index (χ0v) is 19.3. The second kappa shape index (κ2) is 12.1. The van der Waals surface area contributed by atoms with Crippen molar-refractivity contribution in [2.24, 2.45) is 5.73 Å². The second-order valence-electron chi connectivity index (χ2n) is 6.96. The van der Waals surface area contributed by atoms with E-state index in [2.05, 4.69) is 10.0 Å². The fourth-order valence-electron chi connectivity index (χ4n) is 3.14. The van der Waals surface area contributed by atoms with Crippen LogP contribution in [0.5, 0.6) is 11.5 Å². The molecule has 0 radical (unpaired) electrons. The molecule has 0 unspecified atom stereocenters. The number of halogens is 2. The van der Waals surface area contributed by atoms with Gasteiger partial charge in [0.05, 0.1) is 0 Å². The Bertz CT molecular complexity index is 966. The van der Waals surface area contributed by atoms with Crippen LogP contribution in [0, 0.1) is 5.41 Å². The lowest BCUT2D eigenvalue weighted by atomic mass is 10.1. The van der Waals surface area contributed by atoms with E-state index in [9.17, 15) is 13.5 Å². The molecule has 1 aliphatic heterocycles. The number of benzene rings is 2. The number of phenols is 1. The lowest BCUT2D eigenvalue weighted by molar-refractivity contribution is 0.162. The van der Waals surface area contributed by atoms with Crippen molar-refractivity contribution in [1.82, 2.24) is 10.0 Å². The number of aromatic hydroxyl groups is 1. The zero-order valence-electron chi connectivity index (χ0n) is 16.8. The van der Waals surface area contributed by atoms with Gasteiger partial charge in [0, 0.05) is 12.1 Å². The SMILES string of the molecule is Cl.Cl.N=C(N)c1ccc(O)c(S(=O)(=O)NCCc2ccc(OC3CCNCC3)cc2)c1. The van der Waals surface area contributed by atoms with Gasteiger partial charge in [0.1, 0.15) is 28.3 Å². The molecular weight excluding hydrogens is 463 g/mol. The van der Waals surface area contributed by atoms with E-state index in [0.717, 1.165) is 37.2 Å². The predicted molar refractivity (Wildman–Crippen MR) is 125 cm³/mol. The molecule has 1 fully saturated rings. The number of amidine groups is 1. The Morgan fingerprint density at radius 3 is 2.42 bits per heavy atom. The maximum atomic E-state index is 12.5. The van der Waals surface area contributed by atoms with Crippen LogP contribution in [0.25, 0.3) is 0 Å². The normalized spacial score (nSPS) is 14.2. The first-order chi connectivity index (χ1) is 13.8. The summed E-state index contributed by atoms with van der Waals surface area (Å²) in [5.41, 5.74) is 6.59. The van der Waals surface area contributed by atoms with Crippen molar-refractivity contribution in [2.45, 2.75) is 30.3 Å². The fraction of sp³-hybridized carbons (Fsp3) is 0.350. The Balaban J connectivity index is 0.00000240. The van der Waals surface area contributed by atoms with Gasteiger partial charge in [-0.15, -0.1) is 24.8 Å². The Hall–Kier alpha value is -2.04. The van der Waals surface area contributed by atoms with Crippen LogP contribution in [0.4, 0.5) is 0 Å². The standard InChI is InChI=1S/C20H26N4O4S.2ClH/c21-20(22)15-3-6-18(25)19(13-15)29(26,27)24-12-7-14-1-4-16(5-2-14)28-17-8-10-23-11-9-17;;/h1-6,13,17,23-25H,7-12H2,(H3,21,22);2*1H. The highest BCUT2D eigenvalue weighted by Gasteiger charge is 2.19. The van der Waals surface area contributed by atoms with E-state index in [1.807, 2.05) is 24.3 Å². The summed E-state index contributed by atoms with van der Waals surface area (Å²) < 4.78 is 33.4. The van der Waals surface area contributed by atoms with E-state index in [1.54, 1.807) is 0 Å². The topological polar surface area (TPSA) is 138 Å². The van der Waals surface area contributed by atoms with Crippen LogP contribution >= 0.6 is 24.8 Å². The molecule has 172 valence electrons. The largest absolute Gasteiger partial charge is 0.507 e. The van der Waals surface area contributed by atoms with Crippen molar-refractivity contribution in [3.8, 4) is 11.5 Å². The Morgan fingerprint density at radius 1 is 1.16 bits per heavy atom. The average molecular weight is 491 g/mol. The molecule has 2 aromatic rings. The van der Waals surface area contributed by atoms with Crippen molar-refractivity contribution in [1.29, 1.82) is 5.41 Å². The third-order valence-electron chi connectivity index (χ3n) is 4.78. The Morgan fingerprint density at radius 2 is 1.81 bits per heavy atom. The summed E-state index contributed by atoms with van der Waals surface area (Å²) in [6, 6.07) is 11.4. The summed E-state index contributed by atoms with van der Waals surface area (Å²) in [6.45, 7) is 2.10. The van der Waals surface area contributed by atoms with Crippen LogP contribution in [-0.4, -0.2) is 45.1 Å². The highest BCUT2D eigenvalue weighted by molar-refractivity contribution is 7.89. The lowest BCUT2D eigenvalue weighted by Crippen LogP contribution is -2.34. The molecular formula is C20H28Cl2N4O4S. The van der Waals surface area contributed by atoms with E-state index in [0.29, 0.717) is 6.42 Å². The Kier molecular flexibility index (Phi) is 10.5. The molecule has 1 heterocycles. The van der Waals surface area contributed by atoms with Crippen LogP contribution in [-0.2, 0) is 16.4 Å². The van der Waals surface area contributed by atoms with Crippen molar-refractivity contribution < 1.29 is 18.3 Å². The van der Waals surface area contributed by atoms with Crippen molar-refractivity contribution in [2.75, 3.05) is 19.6 Å². The molecule has 0 amide bonds. The van der Waals surface area contributed by atoms with Gasteiger partial charge in [-0.1, -0.05) is 12.1 Å². The molecule has 0 atom stereocenters. The summed E-state index contributed by atoms with van der Waals surface area (Å²) in [6.07, 6.45) is 2.69. The van der Waals surface area contributed by atoms with Crippen molar-refractivity contribution in [3.05, 3.63) is 53.6 Å². The predicted octanol–water partition coefficient (Wildman–Crippen LogP) is 2.17. The molecule has 31 heavy (non-hydrogen) atoms. The van der Waals surface area contributed by atoms with Gasteiger partial charge >= 0.3 is 0 Å². The molecule has 0 spiro atoms. The van der Waals surface area contributed by atoms with E-state index >= 15 is 0 Å². The summed E-state index contributed by atoms with van der Waals surface area (Å²) >= 11 is 0. The number of nitrogen functional groups attached to an aromatic ring is 1. The van der Waals surface area contributed by atoms with E-state index < -0.39 is 10.0 Å². The maximum absolute atomic E-state index is 12.5. The van der Waals surface area contributed by atoms with Crippen LogP contribution in [0.15, 0.2) is 47.4 Å². The number of hydrogen-bond acceptors (Lipinski definition) is 6. The first-order valence-electron chi connectivity index (χ1n) is 9.48. The van der Waals surface area contributed by atoms with Crippen molar-refractivity contribution in [3.63, 3.8) is 0 Å². The third-order valence-corrected chi connectivity index (χ3v) is 6.27. The number of nitrogens with two attached hydrogens (primary N) is 1. The number of rotatable bonds is 8. The minimum Gasteiger partial charge on any atom is -0.507 e. The summed E-state index contributed by atoms with van der Waals surface area (Å²) in [5, 5.41) is 20.6. The smallest absolute Gasteiger partial charge is 0.244 e. The number of ether oxygens (including phenoxy) is 1. The van der Waals surface area contributed by atoms with Gasteiger partial charge in [0.2, 0.25) is 10.0 Å². The molecule has 0 saturated carbocycles. The second-order valence-corrected chi connectivity index (χ2v) is 8.69. The van der Waals surface area contributed by atoms with E-state index in [-0.39, 0.29) is 59.5 Å². The molecule has 6 N–H and O–H groups in total. The molecule has 1 aliphatic rings. The average Bonchev–Trinajstić information content (AvgIpc) is 2.70. The van der Waals surface area contributed by atoms with Crippen molar-refractivity contribution >= 4 is 40.7 Å². The molecule has 1 saturated heterocycles. The molecule has 2 aromatic carbocycles. The monoisotopic (exact) mass is 490 g/mol. The number of piperidine rings is 1. The van der Waals surface area contributed by atoms with Crippen LogP contribution < -0.4 is 20.5 Å². The van der Waals surface area contributed by atoms with Gasteiger partial charge in [0.15, 0.2) is 0 Å². The van der Waals surface area contributed by atoms with Gasteiger partial charge in [-0.3, -0.25) is 5.41 Å². The third kappa shape index (κ3) is 7.55. The first-order valence-corrected chi connectivity index (χ1v) is 11.0. The lowest BCUT2D eigenvalue weighted by Gasteiger charge is -2.23. The molecule has 0 aliphatic carbocycles. The van der Waals surface area contributed by atoms with Gasteiger partial charge in [-0.2, -0.15) is 0 Å². The van der Waals surface area contributed by atoms with E-state index in [4.69, 9.17) is 15.9 Å². The first kappa shape index (κ1) is 27.0. The van der Waals surface area contributed by atoms with Gasteiger partial charge in [-0.05, 0) is 68.2 Å². The van der Waals surface area contributed by atoms with Crippen LogP contribution in [0.1, 0.15) is 24.0 Å². The highest BCUT2D eigenvalue weighted by Crippen LogP contribution is 2.23. The number of phenolic OH excluding ortho intramolecular Hbond substituents is 1. The highest BCUT2D eigenvalue weighted by atomic mass is 35.5. The molecule has 8 nitrogen and oxygen atoms in total. The number of nitrogens with one attached hydrogen (secondary N) is 3. The number of hydrogen-bond donors (Lipinski definition) is 5. The quantitative estimate of drug-likeness (QED) is 0.284. The van der Waals surface area contributed by atoms with Crippen LogP contribution in [0.3, 0.4) is 0 Å². The molecule has 0 bridgehead atoms. The summed E-state index contributed by atoms with van der Waals surface area (Å²) in [5.74, 6) is 0.155. The summed E-state index contributed by atoms with van der Waals surface area (Å²) in [4.78, 5) is -0.295. The molecule has 11 heteroatoms. The molecule has 0 aromatic heterocycles. The van der Waals surface area contributed by atoms with Gasteiger partial charge in [0.25, 0.3) is 0 Å². The maximum Gasteiger partial charge on any atom is 0.244 e.